The lowest BCUT2D eigenvalue weighted by atomic mass is 9.90. The van der Waals surface area contributed by atoms with E-state index in [9.17, 15) is 4.79 Å². The zero-order chi connectivity index (χ0) is 14.4. The molecule has 4 heteroatoms. The molecule has 110 valence electrons. The molecule has 2 rings (SSSR count). The van der Waals surface area contributed by atoms with Crippen LogP contribution in [0.3, 0.4) is 0 Å². The summed E-state index contributed by atoms with van der Waals surface area (Å²) in [4.78, 5) is 12.0. The van der Waals surface area contributed by atoms with Crippen molar-refractivity contribution in [2.75, 3.05) is 19.7 Å². The van der Waals surface area contributed by atoms with Gasteiger partial charge in [0.2, 0.25) is 5.91 Å². The maximum absolute atomic E-state index is 12.0. The Kier molecular flexibility index (Phi) is 5.01. The second-order valence-corrected chi connectivity index (χ2v) is 5.77. The van der Waals surface area contributed by atoms with E-state index >= 15 is 0 Å². The van der Waals surface area contributed by atoms with Gasteiger partial charge in [0.05, 0.1) is 13.0 Å². The molecule has 1 fully saturated rings. The molecule has 20 heavy (non-hydrogen) atoms. The lowest BCUT2D eigenvalue weighted by Gasteiger charge is -2.35. The smallest absolute Gasteiger partial charge is 0.223 e. The highest BCUT2D eigenvalue weighted by Gasteiger charge is 2.27. The topological polar surface area (TPSA) is 50.4 Å². The lowest BCUT2D eigenvalue weighted by molar-refractivity contribution is -0.123. The van der Waals surface area contributed by atoms with Gasteiger partial charge >= 0.3 is 0 Å². The molecule has 0 unspecified atom stereocenters. The molecule has 0 atom stereocenters. The summed E-state index contributed by atoms with van der Waals surface area (Å²) in [6, 6.07) is 7.88. The summed E-state index contributed by atoms with van der Waals surface area (Å²) in [5, 5.41) is 6.44. The second kappa shape index (κ2) is 6.75. The molecule has 1 aliphatic heterocycles. The van der Waals surface area contributed by atoms with E-state index in [4.69, 9.17) is 4.74 Å². The molecule has 1 amide bonds. The summed E-state index contributed by atoms with van der Waals surface area (Å²) in [5.41, 5.74) is 1.10. The van der Waals surface area contributed by atoms with Crippen LogP contribution in [0, 0.1) is 6.92 Å². The number of rotatable bonds is 5. The average molecular weight is 276 g/mol. The third-order valence-corrected chi connectivity index (χ3v) is 3.74. The predicted octanol–water partition coefficient (Wildman–Crippen LogP) is 2.02. The van der Waals surface area contributed by atoms with Crippen LogP contribution in [0.4, 0.5) is 0 Å². The van der Waals surface area contributed by atoms with Crippen LogP contribution in [0.1, 0.15) is 31.7 Å². The number of hydrogen-bond acceptors (Lipinski definition) is 3. The maximum atomic E-state index is 12.0. The van der Waals surface area contributed by atoms with Crippen molar-refractivity contribution < 1.29 is 9.53 Å². The Labute approximate surface area is 120 Å². The molecule has 0 aromatic heterocycles. The molecule has 1 aromatic rings. The van der Waals surface area contributed by atoms with Crippen molar-refractivity contribution >= 4 is 5.91 Å². The van der Waals surface area contributed by atoms with E-state index in [1.165, 1.54) is 0 Å². The molecule has 0 spiro atoms. The first-order valence-corrected chi connectivity index (χ1v) is 7.29. The number of benzene rings is 1. The largest absolute Gasteiger partial charge is 0.493 e. The number of carbonyl (C=O) groups excluding carboxylic acids is 1. The quantitative estimate of drug-likeness (QED) is 0.865. The molecule has 0 radical (unpaired) electrons. The van der Waals surface area contributed by atoms with Gasteiger partial charge in [0.1, 0.15) is 5.75 Å². The van der Waals surface area contributed by atoms with E-state index in [0.29, 0.717) is 13.0 Å². The molecule has 1 aromatic carbocycles. The van der Waals surface area contributed by atoms with Crippen LogP contribution < -0.4 is 15.4 Å². The Morgan fingerprint density at radius 1 is 1.40 bits per heavy atom. The van der Waals surface area contributed by atoms with Crippen LogP contribution >= 0.6 is 0 Å². The summed E-state index contributed by atoms with van der Waals surface area (Å²) in [5.74, 6) is 0.896. The van der Waals surface area contributed by atoms with Crippen molar-refractivity contribution in [1.29, 1.82) is 0 Å². The molecule has 0 saturated carbocycles. The summed E-state index contributed by atoms with van der Waals surface area (Å²) in [7, 11) is 0. The normalized spacial score (nSPS) is 17.5. The fourth-order valence-electron chi connectivity index (χ4n) is 2.47. The van der Waals surface area contributed by atoms with E-state index in [0.717, 1.165) is 37.2 Å². The number of amides is 1. The Hall–Kier alpha value is -1.55. The van der Waals surface area contributed by atoms with Crippen LogP contribution in [0.2, 0.25) is 0 Å². The van der Waals surface area contributed by atoms with E-state index in [-0.39, 0.29) is 11.4 Å². The minimum atomic E-state index is -0.0638. The monoisotopic (exact) mass is 276 g/mol. The standard InChI is InChI=1S/C16H24N2O2/c1-13-4-3-5-14(12-13)20-11-6-15(19)18-16(2)7-9-17-10-8-16/h3-5,12,17H,6-11H2,1-2H3,(H,18,19). The van der Waals surface area contributed by atoms with Crippen molar-refractivity contribution in [3.8, 4) is 5.75 Å². The van der Waals surface area contributed by atoms with Gasteiger partial charge in [-0.25, -0.2) is 0 Å². The minimum Gasteiger partial charge on any atom is -0.493 e. The number of aryl methyl sites for hydroxylation is 1. The van der Waals surface area contributed by atoms with Crippen molar-refractivity contribution in [3.63, 3.8) is 0 Å². The molecular formula is C16H24N2O2. The van der Waals surface area contributed by atoms with Gasteiger partial charge in [0.25, 0.3) is 0 Å². The molecule has 1 saturated heterocycles. The summed E-state index contributed by atoms with van der Waals surface area (Å²) < 4.78 is 5.61. The Balaban J connectivity index is 1.72. The van der Waals surface area contributed by atoms with E-state index in [1.54, 1.807) is 0 Å². The molecule has 0 aliphatic carbocycles. The fraction of sp³-hybridized carbons (Fsp3) is 0.562. The van der Waals surface area contributed by atoms with Crippen molar-refractivity contribution in [1.82, 2.24) is 10.6 Å². The van der Waals surface area contributed by atoms with Crippen molar-refractivity contribution in [3.05, 3.63) is 29.8 Å². The van der Waals surface area contributed by atoms with Gasteiger partial charge in [-0.15, -0.1) is 0 Å². The van der Waals surface area contributed by atoms with E-state index in [1.807, 2.05) is 31.2 Å². The first-order valence-electron chi connectivity index (χ1n) is 7.29. The first kappa shape index (κ1) is 14.9. The first-order chi connectivity index (χ1) is 9.57. The van der Waals surface area contributed by atoms with E-state index in [2.05, 4.69) is 17.6 Å². The number of hydrogen-bond donors (Lipinski definition) is 2. The molecule has 1 aliphatic rings. The van der Waals surface area contributed by atoms with Gasteiger partial charge in [-0.3, -0.25) is 4.79 Å². The zero-order valence-corrected chi connectivity index (χ0v) is 12.4. The number of nitrogens with one attached hydrogen (secondary N) is 2. The predicted molar refractivity (Wildman–Crippen MR) is 79.9 cm³/mol. The van der Waals surface area contributed by atoms with Gasteiger partial charge in [0.15, 0.2) is 0 Å². The minimum absolute atomic E-state index is 0.0638. The van der Waals surface area contributed by atoms with Crippen LogP contribution in [-0.2, 0) is 4.79 Å². The Morgan fingerprint density at radius 2 is 2.15 bits per heavy atom. The summed E-state index contributed by atoms with van der Waals surface area (Å²) in [6.07, 6.45) is 2.37. The van der Waals surface area contributed by atoms with Crippen LogP contribution in [0.25, 0.3) is 0 Å². The molecule has 1 heterocycles. The number of ether oxygens (including phenoxy) is 1. The molecular weight excluding hydrogens is 252 g/mol. The molecule has 0 bridgehead atoms. The Bertz CT molecular complexity index is 454. The summed E-state index contributed by atoms with van der Waals surface area (Å²) in [6.45, 7) is 6.50. The SMILES string of the molecule is Cc1cccc(OCCC(=O)NC2(C)CCNCC2)c1. The number of piperidine rings is 1. The van der Waals surface area contributed by atoms with Crippen LogP contribution in [0.5, 0.6) is 5.75 Å². The van der Waals surface area contributed by atoms with Crippen molar-refractivity contribution in [2.45, 2.75) is 38.6 Å². The van der Waals surface area contributed by atoms with Gasteiger partial charge in [-0.05, 0) is 57.5 Å². The maximum Gasteiger partial charge on any atom is 0.223 e. The molecule has 4 nitrogen and oxygen atoms in total. The third kappa shape index (κ3) is 4.53. The van der Waals surface area contributed by atoms with Crippen molar-refractivity contribution in [2.24, 2.45) is 0 Å². The second-order valence-electron chi connectivity index (χ2n) is 5.77. The lowest BCUT2D eigenvalue weighted by Crippen LogP contribution is -2.52. The Morgan fingerprint density at radius 3 is 2.85 bits per heavy atom. The third-order valence-electron chi connectivity index (χ3n) is 3.74. The highest BCUT2D eigenvalue weighted by molar-refractivity contribution is 5.76. The van der Waals surface area contributed by atoms with Gasteiger partial charge in [0, 0.05) is 5.54 Å². The fourth-order valence-corrected chi connectivity index (χ4v) is 2.47. The van der Waals surface area contributed by atoms with E-state index < -0.39 is 0 Å². The average Bonchev–Trinajstić information content (AvgIpc) is 2.39. The highest BCUT2D eigenvalue weighted by atomic mass is 16.5. The van der Waals surface area contributed by atoms with Gasteiger partial charge in [-0.1, -0.05) is 12.1 Å². The van der Waals surface area contributed by atoms with Crippen LogP contribution in [0.15, 0.2) is 24.3 Å². The van der Waals surface area contributed by atoms with Gasteiger partial charge < -0.3 is 15.4 Å². The van der Waals surface area contributed by atoms with Crippen LogP contribution in [-0.4, -0.2) is 31.1 Å². The van der Waals surface area contributed by atoms with Gasteiger partial charge in [-0.2, -0.15) is 0 Å². The number of carbonyl (C=O) groups is 1. The highest BCUT2D eigenvalue weighted by Crippen LogP contribution is 2.17. The molecule has 2 N–H and O–H groups in total. The zero-order valence-electron chi connectivity index (χ0n) is 12.4. The summed E-state index contributed by atoms with van der Waals surface area (Å²) >= 11 is 0.